The fourth-order valence-electron chi connectivity index (χ4n) is 4.96. The third-order valence-corrected chi connectivity index (χ3v) is 6.78. The van der Waals surface area contributed by atoms with Crippen molar-refractivity contribution in [3.63, 3.8) is 0 Å². The van der Waals surface area contributed by atoms with E-state index in [1.54, 1.807) is 12.1 Å². The highest BCUT2D eigenvalue weighted by Crippen LogP contribution is 2.27. The quantitative estimate of drug-likeness (QED) is 0.558. The molecule has 0 atom stereocenters. The molecule has 4 rings (SSSR count). The zero-order chi connectivity index (χ0) is 22.8. The van der Waals surface area contributed by atoms with Gasteiger partial charge in [-0.3, -0.25) is 4.79 Å². The highest BCUT2D eigenvalue weighted by molar-refractivity contribution is 5.95. The summed E-state index contributed by atoms with van der Waals surface area (Å²) in [5.41, 5.74) is 7.05. The summed E-state index contributed by atoms with van der Waals surface area (Å²) in [6.07, 6.45) is 0.850. The van der Waals surface area contributed by atoms with Gasteiger partial charge in [0.05, 0.1) is 6.54 Å². The van der Waals surface area contributed by atoms with Crippen LogP contribution in [0.15, 0.2) is 48.5 Å². The highest BCUT2D eigenvalue weighted by Gasteiger charge is 2.29. The van der Waals surface area contributed by atoms with E-state index in [-0.39, 0.29) is 11.7 Å². The number of piperazine rings is 1. The number of hydrogen-bond acceptors (Lipinski definition) is 2. The monoisotopic (exact) mass is 433 g/mol. The van der Waals surface area contributed by atoms with Gasteiger partial charge in [0.15, 0.2) is 0 Å². The van der Waals surface area contributed by atoms with Crippen LogP contribution in [-0.4, -0.2) is 41.6 Å². The average Bonchev–Trinajstić information content (AvgIpc) is 3.04. The first-order chi connectivity index (χ1) is 15.4. The molecule has 0 spiro atoms. The van der Waals surface area contributed by atoms with E-state index < -0.39 is 0 Å². The normalized spacial score (nSPS) is 14.2. The lowest BCUT2D eigenvalue weighted by Crippen LogP contribution is -2.49. The van der Waals surface area contributed by atoms with Crippen LogP contribution in [0.3, 0.4) is 0 Å². The van der Waals surface area contributed by atoms with Gasteiger partial charge in [0.25, 0.3) is 5.91 Å². The van der Waals surface area contributed by atoms with Crippen molar-refractivity contribution in [1.82, 2.24) is 9.47 Å². The van der Waals surface area contributed by atoms with Gasteiger partial charge in [-0.1, -0.05) is 43.3 Å². The Balaban J connectivity index is 1.60. The van der Waals surface area contributed by atoms with Crippen LogP contribution in [0.25, 0.3) is 0 Å². The summed E-state index contributed by atoms with van der Waals surface area (Å²) in [6, 6.07) is 15.2. The number of carbonyl (C=O) groups excluding carboxylic acids is 1. The molecule has 3 aromatic rings. The molecule has 1 aromatic heterocycles. The summed E-state index contributed by atoms with van der Waals surface area (Å²) in [6.45, 7) is 11.6. The van der Waals surface area contributed by atoms with Crippen LogP contribution >= 0.6 is 0 Å². The SMILES string of the molecule is CCc1c(C)c(C(=O)N2CCN(c3ccccc3C)CC2)n(Cc2ccccc2F)c1C. The maximum absolute atomic E-state index is 14.4. The first-order valence-corrected chi connectivity index (χ1v) is 11.4. The van der Waals surface area contributed by atoms with E-state index in [2.05, 4.69) is 43.0 Å². The summed E-state index contributed by atoms with van der Waals surface area (Å²) in [5.74, 6) is -0.187. The van der Waals surface area contributed by atoms with Gasteiger partial charge in [-0.15, -0.1) is 0 Å². The second kappa shape index (κ2) is 9.19. The van der Waals surface area contributed by atoms with Crippen LogP contribution < -0.4 is 4.90 Å². The molecule has 1 saturated heterocycles. The Morgan fingerprint density at radius 2 is 1.59 bits per heavy atom. The largest absolute Gasteiger partial charge is 0.368 e. The second-order valence-electron chi connectivity index (χ2n) is 8.63. The van der Waals surface area contributed by atoms with E-state index in [0.29, 0.717) is 30.9 Å². The Bertz CT molecular complexity index is 1130. The van der Waals surface area contributed by atoms with Gasteiger partial charge in [-0.2, -0.15) is 0 Å². The minimum Gasteiger partial charge on any atom is -0.368 e. The second-order valence-corrected chi connectivity index (χ2v) is 8.63. The molecule has 5 heteroatoms. The maximum Gasteiger partial charge on any atom is 0.270 e. The van der Waals surface area contributed by atoms with E-state index in [9.17, 15) is 9.18 Å². The molecule has 4 nitrogen and oxygen atoms in total. The molecule has 168 valence electrons. The zero-order valence-corrected chi connectivity index (χ0v) is 19.5. The topological polar surface area (TPSA) is 28.5 Å². The van der Waals surface area contributed by atoms with Crippen LogP contribution in [-0.2, 0) is 13.0 Å². The van der Waals surface area contributed by atoms with E-state index in [4.69, 9.17) is 0 Å². The molecule has 1 aliphatic rings. The van der Waals surface area contributed by atoms with Crippen LogP contribution in [0.4, 0.5) is 10.1 Å². The van der Waals surface area contributed by atoms with Gasteiger partial charge in [-0.05, 0) is 56.0 Å². The third-order valence-electron chi connectivity index (χ3n) is 6.78. The van der Waals surface area contributed by atoms with Crippen molar-refractivity contribution in [2.75, 3.05) is 31.1 Å². The number of aromatic nitrogens is 1. The Morgan fingerprint density at radius 3 is 2.25 bits per heavy atom. The molecule has 32 heavy (non-hydrogen) atoms. The minimum absolute atomic E-state index is 0.0473. The summed E-state index contributed by atoms with van der Waals surface area (Å²) >= 11 is 0. The number of anilines is 1. The summed E-state index contributed by atoms with van der Waals surface area (Å²) in [4.78, 5) is 18.0. The van der Waals surface area contributed by atoms with Crippen molar-refractivity contribution in [3.8, 4) is 0 Å². The molecule has 2 aromatic carbocycles. The van der Waals surface area contributed by atoms with Crippen molar-refractivity contribution in [2.45, 2.75) is 40.7 Å². The summed E-state index contributed by atoms with van der Waals surface area (Å²) < 4.78 is 16.4. The lowest BCUT2D eigenvalue weighted by Gasteiger charge is -2.37. The maximum atomic E-state index is 14.4. The molecule has 0 aliphatic carbocycles. The van der Waals surface area contributed by atoms with Crippen molar-refractivity contribution in [1.29, 1.82) is 0 Å². The number of carbonyl (C=O) groups is 1. The zero-order valence-electron chi connectivity index (χ0n) is 19.5. The number of para-hydroxylation sites is 1. The number of nitrogens with zero attached hydrogens (tertiary/aromatic N) is 3. The lowest BCUT2D eigenvalue weighted by atomic mass is 10.1. The molecule has 0 radical (unpaired) electrons. The molecular weight excluding hydrogens is 401 g/mol. The van der Waals surface area contributed by atoms with Crippen LogP contribution in [0.2, 0.25) is 0 Å². The van der Waals surface area contributed by atoms with Gasteiger partial charge >= 0.3 is 0 Å². The predicted octanol–water partition coefficient (Wildman–Crippen LogP) is 5.13. The number of amides is 1. The number of rotatable bonds is 5. The number of benzene rings is 2. The van der Waals surface area contributed by atoms with Crippen LogP contribution in [0, 0.1) is 26.6 Å². The molecule has 0 bridgehead atoms. The molecule has 1 fully saturated rings. The Hall–Kier alpha value is -3.08. The van der Waals surface area contributed by atoms with Crippen molar-refractivity contribution < 1.29 is 9.18 Å². The predicted molar refractivity (Wildman–Crippen MR) is 128 cm³/mol. The number of halogens is 1. The molecule has 2 heterocycles. The first-order valence-electron chi connectivity index (χ1n) is 11.4. The Morgan fingerprint density at radius 1 is 0.938 bits per heavy atom. The third kappa shape index (κ3) is 4.04. The van der Waals surface area contributed by atoms with Crippen molar-refractivity contribution in [2.24, 2.45) is 0 Å². The van der Waals surface area contributed by atoms with Gasteiger partial charge < -0.3 is 14.4 Å². The minimum atomic E-state index is -0.235. The van der Waals surface area contributed by atoms with Crippen molar-refractivity contribution >= 4 is 11.6 Å². The van der Waals surface area contributed by atoms with Gasteiger partial charge in [-0.25, -0.2) is 4.39 Å². The molecular formula is C27H32FN3O. The Labute approximate surface area is 190 Å². The van der Waals surface area contributed by atoms with Gasteiger partial charge in [0, 0.05) is 43.1 Å². The highest BCUT2D eigenvalue weighted by atomic mass is 19.1. The van der Waals surface area contributed by atoms with E-state index in [1.807, 2.05) is 29.4 Å². The smallest absolute Gasteiger partial charge is 0.270 e. The summed E-state index contributed by atoms with van der Waals surface area (Å²) in [5, 5.41) is 0. The Kier molecular flexibility index (Phi) is 6.35. The fourth-order valence-corrected chi connectivity index (χ4v) is 4.96. The molecule has 0 N–H and O–H groups in total. The van der Waals surface area contributed by atoms with Crippen LogP contribution in [0.1, 0.15) is 45.4 Å². The molecule has 0 unspecified atom stereocenters. The molecule has 1 aliphatic heterocycles. The van der Waals surface area contributed by atoms with Crippen molar-refractivity contribution in [3.05, 3.63) is 88.0 Å². The van der Waals surface area contributed by atoms with E-state index in [1.165, 1.54) is 22.9 Å². The van der Waals surface area contributed by atoms with E-state index >= 15 is 0 Å². The molecule has 1 amide bonds. The number of aryl methyl sites for hydroxylation is 1. The van der Waals surface area contributed by atoms with E-state index in [0.717, 1.165) is 30.8 Å². The fraction of sp³-hybridized carbons (Fsp3) is 0.370. The summed E-state index contributed by atoms with van der Waals surface area (Å²) in [7, 11) is 0. The molecule has 0 saturated carbocycles. The number of hydrogen-bond donors (Lipinski definition) is 0. The van der Waals surface area contributed by atoms with Gasteiger partial charge in [0.1, 0.15) is 11.5 Å². The van der Waals surface area contributed by atoms with Gasteiger partial charge in [0.2, 0.25) is 0 Å². The standard InChI is InChI=1S/C27H32FN3O/c1-5-23-20(3)26(31(21(23)4)18-22-11-7-8-12-24(22)28)27(32)30-16-14-29(15-17-30)25-13-9-6-10-19(25)2/h6-13H,5,14-18H2,1-4H3. The van der Waals surface area contributed by atoms with Crippen LogP contribution in [0.5, 0.6) is 0 Å². The first kappa shape index (κ1) is 22.1. The average molecular weight is 434 g/mol. The lowest BCUT2D eigenvalue weighted by molar-refractivity contribution is 0.0735.